The SMILES string of the molecule is CC(C)c1nc(CCOc2ccccc2F)sc1C(C)N. The molecule has 21 heavy (non-hydrogen) atoms. The van der Waals surface area contributed by atoms with Crippen LogP contribution in [0, 0.1) is 5.82 Å². The van der Waals surface area contributed by atoms with Gasteiger partial charge < -0.3 is 10.5 Å². The third kappa shape index (κ3) is 4.02. The maximum atomic E-state index is 13.4. The van der Waals surface area contributed by atoms with Crippen LogP contribution in [0.3, 0.4) is 0 Å². The van der Waals surface area contributed by atoms with E-state index in [0.717, 1.165) is 15.6 Å². The molecule has 0 radical (unpaired) electrons. The monoisotopic (exact) mass is 308 g/mol. The van der Waals surface area contributed by atoms with Crippen molar-refractivity contribution in [2.45, 2.75) is 39.2 Å². The molecule has 0 fully saturated rings. The second-order valence-electron chi connectivity index (χ2n) is 5.33. The number of benzene rings is 1. The van der Waals surface area contributed by atoms with Crippen LogP contribution in [0.2, 0.25) is 0 Å². The lowest BCUT2D eigenvalue weighted by Gasteiger charge is -2.07. The summed E-state index contributed by atoms with van der Waals surface area (Å²) < 4.78 is 18.9. The minimum atomic E-state index is -0.337. The molecule has 2 rings (SSSR count). The normalized spacial score (nSPS) is 12.7. The summed E-state index contributed by atoms with van der Waals surface area (Å²) in [6.45, 7) is 6.60. The first-order valence-corrected chi connectivity index (χ1v) is 7.93. The van der Waals surface area contributed by atoms with Crippen molar-refractivity contribution in [1.82, 2.24) is 4.98 Å². The lowest BCUT2D eigenvalue weighted by Crippen LogP contribution is -2.06. The quantitative estimate of drug-likeness (QED) is 0.876. The first-order chi connectivity index (χ1) is 9.99. The summed E-state index contributed by atoms with van der Waals surface area (Å²) in [7, 11) is 0. The fourth-order valence-corrected chi connectivity index (χ4v) is 3.20. The molecule has 0 saturated heterocycles. The molecule has 2 N–H and O–H groups in total. The highest BCUT2D eigenvalue weighted by Crippen LogP contribution is 2.29. The summed E-state index contributed by atoms with van der Waals surface area (Å²) in [6, 6.07) is 6.41. The Morgan fingerprint density at radius 1 is 1.29 bits per heavy atom. The third-order valence-corrected chi connectivity index (χ3v) is 4.43. The molecule has 1 aromatic heterocycles. The van der Waals surface area contributed by atoms with E-state index in [4.69, 9.17) is 10.5 Å². The highest BCUT2D eigenvalue weighted by molar-refractivity contribution is 7.11. The van der Waals surface area contributed by atoms with Gasteiger partial charge in [0.1, 0.15) is 0 Å². The fraction of sp³-hybridized carbons (Fsp3) is 0.438. The summed E-state index contributed by atoms with van der Waals surface area (Å²) in [5.41, 5.74) is 7.06. The van der Waals surface area contributed by atoms with Crippen LogP contribution in [0.25, 0.3) is 0 Å². The van der Waals surface area contributed by atoms with Gasteiger partial charge in [-0.25, -0.2) is 9.37 Å². The van der Waals surface area contributed by atoms with Gasteiger partial charge in [0.25, 0.3) is 0 Å². The zero-order valence-corrected chi connectivity index (χ0v) is 13.4. The topological polar surface area (TPSA) is 48.1 Å². The largest absolute Gasteiger partial charge is 0.490 e. The molecule has 5 heteroatoms. The number of hydrogen-bond acceptors (Lipinski definition) is 4. The van der Waals surface area contributed by atoms with Crippen molar-refractivity contribution in [3.8, 4) is 5.75 Å². The first-order valence-electron chi connectivity index (χ1n) is 7.11. The molecule has 0 aliphatic heterocycles. The van der Waals surface area contributed by atoms with Crippen LogP contribution >= 0.6 is 11.3 Å². The van der Waals surface area contributed by atoms with Gasteiger partial charge in [-0.2, -0.15) is 0 Å². The highest BCUT2D eigenvalue weighted by atomic mass is 32.1. The molecule has 3 nitrogen and oxygen atoms in total. The fourth-order valence-electron chi connectivity index (χ4n) is 2.05. The number of nitrogens with two attached hydrogens (primary N) is 1. The lowest BCUT2D eigenvalue weighted by atomic mass is 10.1. The number of nitrogens with zero attached hydrogens (tertiary/aromatic N) is 1. The van der Waals surface area contributed by atoms with Gasteiger partial charge in [-0.05, 0) is 25.0 Å². The summed E-state index contributed by atoms with van der Waals surface area (Å²) >= 11 is 1.63. The Labute approximate surface area is 129 Å². The van der Waals surface area contributed by atoms with E-state index in [0.29, 0.717) is 18.9 Å². The van der Waals surface area contributed by atoms with E-state index in [2.05, 4.69) is 18.8 Å². The molecule has 114 valence electrons. The Kier molecular flexibility index (Phi) is 5.31. The van der Waals surface area contributed by atoms with Gasteiger partial charge in [0.05, 0.1) is 17.3 Å². The molecule has 0 aliphatic carbocycles. The van der Waals surface area contributed by atoms with Crippen molar-refractivity contribution in [2.24, 2.45) is 5.73 Å². The number of aromatic nitrogens is 1. The van der Waals surface area contributed by atoms with Crippen LogP contribution in [-0.2, 0) is 6.42 Å². The molecule has 1 unspecified atom stereocenters. The van der Waals surface area contributed by atoms with Crippen LogP contribution in [0.1, 0.15) is 48.3 Å². The molecule has 0 aliphatic rings. The van der Waals surface area contributed by atoms with Gasteiger partial charge in [0.2, 0.25) is 0 Å². The maximum absolute atomic E-state index is 13.4. The molecular weight excluding hydrogens is 287 g/mol. The third-order valence-electron chi connectivity index (χ3n) is 3.10. The molecule has 1 atom stereocenters. The second kappa shape index (κ2) is 7.00. The number of para-hydroxylation sites is 1. The lowest BCUT2D eigenvalue weighted by molar-refractivity contribution is 0.305. The van der Waals surface area contributed by atoms with Crippen molar-refractivity contribution < 1.29 is 9.13 Å². The van der Waals surface area contributed by atoms with Crippen molar-refractivity contribution in [2.75, 3.05) is 6.61 Å². The number of hydrogen-bond donors (Lipinski definition) is 1. The Balaban J connectivity index is 2.01. The van der Waals surface area contributed by atoms with Crippen LogP contribution in [0.15, 0.2) is 24.3 Å². The standard InChI is InChI=1S/C16H21FN2OS/c1-10(2)15-16(11(3)18)21-14(19-15)8-9-20-13-7-5-4-6-12(13)17/h4-7,10-11H,8-9,18H2,1-3H3. The van der Waals surface area contributed by atoms with Gasteiger partial charge in [0, 0.05) is 17.3 Å². The average Bonchev–Trinajstić information content (AvgIpc) is 2.85. The van der Waals surface area contributed by atoms with E-state index in [1.54, 1.807) is 29.5 Å². The molecule has 2 aromatic rings. The Morgan fingerprint density at radius 3 is 2.57 bits per heavy atom. The first kappa shape index (κ1) is 15.9. The summed E-state index contributed by atoms with van der Waals surface area (Å²) in [5, 5.41) is 0.988. The maximum Gasteiger partial charge on any atom is 0.165 e. The number of halogens is 1. The predicted octanol–water partition coefficient (Wildman–Crippen LogP) is 4.05. The average molecular weight is 308 g/mol. The highest BCUT2D eigenvalue weighted by Gasteiger charge is 2.17. The van der Waals surface area contributed by atoms with Gasteiger partial charge in [-0.3, -0.25) is 0 Å². The molecule has 0 spiro atoms. The molecule has 0 bridgehead atoms. The Hall–Kier alpha value is -1.46. The number of thiazole rings is 1. The summed E-state index contributed by atoms with van der Waals surface area (Å²) in [6.07, 6.45) is 0.658. The van der Waals surface area contributed by atoms with Crippen LogP contribution in [0.5, 0.6) is 5.75 Å². The minimum Gasteiger partial charge on any atom is -0.490 e. The number of rotatable bonds is 6. The zero-order chi connectivity index (χ0) is 15.4. The Bertz CT molecular complexity index is 570. The van der Waals surface area contributed by atoms with E-state index >= 15 is 0 Å². The van der Waals surface area contributed by atoms with Crippen molar-refractivity contribution in [1.29, 1.82) is 0 Å². The summed E-state index contributed by atoms with van der Waals surface area (Å²) in [5.74, 6) is 0.296. The van der Waals surface area contributed by atoms with Crippen molar-refractivity contribution in [3.63, 3.8) is 0 Å². The van der Waals surface area contributed by atoms with Crippen LogP contribution in [-0.4, -0.2) is 11.6 Å². The van der Waals surface area contributed by atoms with Crippen LogP contribution in [0.4, 0.5) is 4.39 Å². The van der Waals surface area contributed by atoms with E-state index in [1.807, 2.05) is 6.92 Å². The zero-order valence-electron chi connectivity index (χ0n) is 12.6. The van der Waals surface area contributed by atoms with Crippen LogP contribution < -0.4 is 10.5 Å². The van der Waals surface area contributed by atoms with Crippen molar-refractivity contribution in [3.05, 3.63) is 45.7 Å². The summed E-state index contributed by atoms with van der Waals surface area (Å²) in [4.78, 5) is 5.78. The van der Waals surface area contributed by atoms with Gasteiger partial charge >= 0.3 is 0 Å². The van der Waals surface area contributed by atoms with Gasteiger partial charge in [0.15, 0.2) is 11.6 Å². The molecule has 0 amide bonds. The minimum absolute atomic E-state index is 0.0128. The molecular formula is C16H21FN2OS. The van der Waals surface area contributed by atoms with Gasteiger partial charge in [-0.15, -0.1) is 11.3 Å². The van der Waals surface area contributed by atoms with E-state index in [1.165, 1.54) is 6.07 Å². The van der Waals surface area contributed by atoms with E-state index in [9.17, 15) is 4.39 Å². The smallest absolute Gasteiger partial charge is 0.165 e. The number of ether oxygens (including phenoxy) is 1. The van der Waals surface area contributed by atoms with Gasteiger partial charge in [-0.1, -0.05) is 26.0 Å². The van der Waals surface area contributed by atoms with E-state index < -0.39 is 0 Å². The predicted molar refractivity (Wildman–Crippen MR) is 84.4 cm³/mol. The molecule has 1 heterocycles. The Morgan fingerprint density at radius 2 is 2.00 bits per heavy atom. The second-order valence-corrected chi connectivity index (χ2v) is 6.44. The van der Waals surface area contributed by atoms with Crippen molar-refractivity contribution >= 4 is 11.3 Å². The molecule has 0 saturated carbocycles. The van der Waals surface area contributed by atoms with E-state index in [-0.39, 0.29) is 17.6 Å². The molecule has 1 aromatic carbocycles.